The first-order valence-corrected chi connectivity index (χ1v) is 15.4. The van der Waals surface area contributed by atoms with Crippen molar-refractivity contribution in [3.05, 3.63) is 18.2 Å². The smallest absolute Gasteiger partial charge is 0.234 e. The van der Waals surface area contributed by atoms with Gasteiger partial charge in [-0.15, -0.1) is 0 Å². The Morgan fingerprint density at radius 2 is 0.939 bits per heavy atom. The van der Waals surface area contributed by atoms with Gasteiger partial charge in [0.15, 0.2) is 0 Å². The van der Waals surface area contributed by atoms with E-state index >= 15 is 0 Å². The second-order valence-electron chi connectivity index (χ2n) is 10.6. The van der Waals surface area contributed by atoms with Crippen LogP contribution in [0.2, 0.25) is 0 Å². The van der Waals surface area contributed by atoms with Crippen LogP contribution in [0, 0.1) is 0 Å². The van der Waals surface area contributed by atoms with E-state index in [1.807, 2.05) is 0 Å². The van der Waals surface area contributed by atoms with Gasteiger partial charge in [-0.3, -0.25) is 0 Å². The van der Waals surface area contributed by atoms with E-state index in [1.165, 1.54) is 161 Å². The number of hydrogen-bond donors (Lipinski definition) is 0. The van der Waals surface area contributed by atoms with E-state index in [0.29, 0.717) is 0 Å². The van der Waals surface area contributed by atoms with Crippen molar-refractivity contribution in [1.29, 1.82) is 0 Å². The van der Waals surface area contributed by atoms with Crippen molar-refractivity contribution in [1.82, 2.24) is 4.57 Å². The van der Waals surface area contributed by atoms with Crippen LogP contribution in [0.25, 0.3) is 0 Å². The Balaban J connectivity index is 2.27. The minimum Gasteiger partial charge on any atom is -0.234 e. The summed E-state index contributed by atoms with van der Waals surface area (Å²) >= 11 is 0. The van der Waals surface area contributed by atoms with Crippen LogP contribution in [0.3, 0.4) is 0 Å². The second-order valence-corrected chi connectivity index (χ2v) is 10.6. The first-order chi connectivity index (χ1) is 16.3. The molecule has 0 aliphatic carbocycles. The van der Waals surface area contributed by atoms with Crippen LogP contribution in [0.5, 0.6) is 0 Å². The lowest BCUT2D eigenvalue weighted by molar-refractivity contribution is -0.704. The molecule has 0 saturated carbocycles. The highest BCUT2D eigenvalue weighted by Crippen LogP contribution is 2.14. The molecular weight excluding hydrogens is 400 g/mol. The molecule has 0 radical (unpaired) electrons. The van der Waals surface area contributed by atoms with E-state index in [-0.39, 0.29) is 0 Å². The number of unbranched alkanes of at least 4 members (excludes halogenated alkanes) is 19. The average molecular weight is 462 g/mol. The molecule has 0 spiro atoms. The molecule has 0 saturated heterocycles. The van der Waals surface area contributed by atoms with Crippen molar-refractivity contribution in [2.45, 2.75) is 182 Å². The fraction of sp³-hybridized carbons (Fsp3) is 0.903. The highest BCUT2D eigenvalue weighted by molar-refractivity contribution is 4.84. The summed E-state index contributed by atoms with van der Waals surface area (Å²) in [6, 6.07) is 0. The Bertz CT molecular complexity index is 519. The summed E-state index contributed by atoms with van der Waals surface area (Å²) in [5.74, 6) is 1.60. The highest BCUT2D eigenvalue weighted by Gasteiger charge is 2.16. The zero-order valence-corrected chi connectivity index (χ0v) is 23.2. The third-order valence-corrected chi connectivity index (χ3v) is 7.35. The van der Waals surface area contributed by atoms with Gasteiger partial charge in [0, 0.05) is 6.42 Å². The van der Waals surface area contributed by atoms with Crippen LogP contribution in [0.1, 0.15) is 168 Å². The van der Waals surface area contributed by atoms with Gasteiger partial charge in [-0.1, -0.05) is 130 Å². The quantitative estimate of drug-likeness (QED) is 0.101. The average Bonchev–Trinajstić information content (AvgIpc) is 3.21. The van der Waals surface area contributed by atoms with Gasteiger partial charge in [-0.05, 0) is 32.1 Å². The van der Waals surface area contributed by atoms with Crippen LogP contribution in [0.4, 0.5) is 0 Å². The van der Waals surface area contributed by atoms with Crippen molar-refractivity contribution in [2.75, 3.05) is 0 Å². The van der Waals surface area contributed by atoms with Crippen molar-refractivity contribution < 1.29 is 4.57 Å². The van der Waals surface area contributed by atoms with Crippen molar-refractivity contribution in [3.63, 3.8) is 0 Å². The standard InChI is InChI=1S/C31H61N2/c1-4-7-10-12-14-16-17-18-19-21-23-26-31-32(27-24-9-6-3)29-30-33(31)28-25-22-20-15-13-11-8-5-2/h29-30H,4-28H2,1-3H3/q+1. The van der Waals surface area contributed by atoms with Crippen LogP contribution < -0.4 is 4.57 Å². The molecule has 194 valence electrons. The molecule has 1 aromatic rings. The zero-order valence-electron chi connectivity index (χ0n) is 23.2. The first-order valence-electron chi connectivity index (χ1n) is 15.4. The van der Waals surface area contributed by atoms with Gasteiger partial charge in [0.05, 0.1) is 13.1 Å². The van der Waals surface area contributed by atoms with E-state index in [2.05, 4.69) is 42.3 Å². The number of hydrogen-bond acceptors (Lipinski definition) is 0. The number of nitrogens with zero attached hydrogens (tertiary/aromatic N) is 2. The van der Waals surface area contributed by atoms with E-state index in [0.717, 1.165) is 0 Å². The molecule has 0 atom stereocenters. The van der Waals surface area contributed by atoms with Gasteiger partial charge < -0.3 is 0 Å². The van der Waals surface area contributed by atoms with E-state index in [4.69, 9.17) is 0 Å². The van der Waals surface area contributed by atoms with Gasteiger partial charge in [0.1, 0.15) is 12.4 Å². The van der Waals surface area contributed by atoms with Crippen LogP contribution in [0.15, 0.2) is 12.4 Å². The predicted octanol–water partition coefficient (Wildman–Crippen LogP) is 9.96. The van der Waals surface area contributed by atoms with Crippen molar-refractivity contribution in [2.24, 2.45) is 0 Å². The van der Waals surface area contributed by atoms with Gasteiger partial charge in [0.25, 0.3) is 5.82 Å². The van der Waals surface area contributed by atoms with Crippen molar-refractivity contribution in [3.8, 4) is 0 Å². The number of imidazole rings is 1. The summed E-state index contributed by atoms with van der Waals surface area (Å²) < 4.78 is 5.18. The van der Waals surface area contributed by atoms with Crippen LogP contribution >= 0.6 is 0 Å². The summed E-state index contributed by atoms with van der Waals surface area (Å²) in [7, 11) is 0. The third kappa shape index (κ3) is 16.5. The molecule has 0 N–H and O–H groups in total. The number of aromatic nitrogens is 2. The minimum absolute atomic E-state index is 1.21. The molecule has 1 aromatic heterocycles. The zero-order chi connectivity index (χ0) is 23.8. The third-order valence-electron chi connectivity index (χ3n) is 7.35. The molecule has 33 heavy (non-hydrogen) atoms. The molecule has 1 rings (SSSR count). The number of aryl methyl sites for hydroxylation is 2. The lowest BCUT2D eigenvalue weighted by Crippen LogP contribution is -2.37. The van der Waals surface area contributed by atoms with Gasteiger partial charge >= 0.3 is 0 Å². The van der Waals surface area contributed by atoms with E-state index in [1.54, 1.807) is 5.82 Å². The number of rotatable bonds is 25. The normalized spacial score (nSPS) is 11.5. The predicted molar refractivity (Wildman–Crippen MR) is 147 cm³/mol. The maximum absolute atomic E-state index is 2.60. The summed E-state index contributed by atoms with van der Waals surface area (Å²) in [4.78, 5) is 0. The first kappa shape index (κ1) is 30.2. The molecule has 0 aliphatic rings. The van der Waals surface area contributed by atoms with Gasteiger partial charge in [-0.2, -0.15) is 0 Å². The molecule has 0 amide bonds. The summed E-state index contributed by atoms with van der Waals surface area (Å²) in [5.41, 5.74) is 0. The topological polar surface area (TPSA) is 8.81 Å². The van der Waals surface area contributed by atoms with E-state index < -0.39 is 0 Å². The van der Waals surface area contributed by atoms with Crippen molar-refractivity contribution >= 4 is 0 Å². The summed E-state index contributed by atoms with van der Waals surface area (Å²) in [5, 5.41) is 0. The monoisotopic (exact) mass is 461 g/mol. The Morgan fingerprint density at radius 1 is 0.515 bits per heavy atom. The van der Waals surface area contributed by atoms with Crippen LogP contribution in [-0.4, -0.2) is 4.57 Å². The second kappa shape index (κ2) is 23.0. The van der Waals surface area contributed by atoms with E-state index in [9.17, 15) is 0 Å². The molecular formula is C31H61N2+. The minimum atomic E-state index is 1.21. The molecule has 0 aliphatic heterocycles. The Hall–Kier alpha value is -0.790. The fourth-order valence-corrected chi connectivity index (χ4v) is 5.09. The fourth-order valence-electron chi connectivity index (χ4n) is 5.09. The molecule has 1 heterocycles. The molecule has 0 fully saturated rings. The van der Waals surface area contributed by atoms with Gasteiger partial charge in [-0.25, -0.2) is 9.13 Å². The lowest BCUT2D eigenvalue weighted by Gasteiger charge is -2.07. The Labute approximate surface area is 208 Å². The largest absolute Gasteiger partial charge is 0.256 e. The SMILES string of the molecule is CCCCCCCCCCCCCc1n(CCCCCCCCCC)cc[n+]1CCCCC. The van der Waals surface area contributed by atoms with Crippen LogP contribution in [-0.2, 0) is 19.5 Å². The molecule has 0 unspecified atom stereocenters. The molecule has 0 bridgehead atoms. The summed E-state index contributed by atoms with van der Waals surface area (Å²) in [6.45, 7) is 9.36. The maximum atomic E-state index is 2.60. The highest BCUT2D eigenvalue weighted by atomic mass is 15.1. The lowest BCUT2D eigenvalue weighted by atomic mass is 10.1. The Morgan fingerprint density at radius 3 is 1.45 bits per heavy atom. The summed E-state index contributed by atoms with van der Waals surface area (Å²) in [6.07, 6.45) is 37.0. The Kier molecular flexibility index (Phi) is 21.1. The molecule has 0 aromatic carbocycles. The molecule has 2 heteroatoms. The molecule has 2 nitrogen and oxygen atoms in total. The maximum Gasteiger partial charge on any atom is 0.256 e. The van der Waals surface area contributed by atoms with Gasteiger partial charge in [0.2, 0.25) is 0 Å².